The Morgan fingerprint density at radius 1 is 1.46 bits per heavy atom. The lowest BCUT2D eigenvalue weighted by Gasteiger charge is -2.18. The summed E-state index contributed by atoms with van der Waals surface area (Å²) in [7, 11) is -3.11. The molecular weight excluding hydrogens is 191 g/mol. The number of aliphatic hydroxyl groups is 1. The van der Waals surface area contributed by atoms with Gasteiger partial charge in [-0.15, -0.1) is 6.58 Å². The predicted octanol–water partition coefficient (Wildman–Crippen LogP) is 1.80. The van der Waals surface area contributed by atoms with Gasteiger partial charge in [0, 0.05) is 0 Å². The Labute approximate surface area is 79.1 Å². The molecule has 0 radical (unpaired) electrons. The van der Waals surface area contributed by atoms with Gasteiger partial charge in [0.1, 0.15) is 0 Å². The van der Waals surface area contributed by atoms with Crippen LogP contribution in [-0.4, -0.2) is 30.6 Å². The van der Waals surface area contributed by atoms with Gasteiger partial charge in [-0.05, 0) is 13.8 Å². The highest BCUT2D eigenvalue weighted by Gasteiger charge is 2.25. The van der Waals surface area contributed by atoms with Crippen molar-refractivity contribution in [3.8, 4) is 0 Å². The highest BCUT2D eigenvalue weighted by atomic mass is 31.2. The molecule has 0 aliphatic rings. The van der Waals surface area contributed by atoms with Gasteiger partial charge in [0.25, 0.3) is 0 Å². The highest BCUT2D eigenvalue weighted by molar-refractivity contribution is 7.53. The van der Waals surface area contributed by atoms with E-state index in [4.69, 9.17) is 9.05 Å². The molecule has 0 aromatic carbocycles. The zero-order valence-electron chi connectivity index (χ0n) is 8.10. The Balaban J connectivity index is 4.22. The molecule has 0 saturated heterocycles. The normalized spacial score (nSPS) is 14.1. The third-order valence-electron chi connectivity index (χ3n) is 1.33. The molecule has 78 valence electrons. The number of aliphatic hydroxyl groups excluding tert-OH is 1. The fourth-order valence-corrected chi connectivity index (χ4v) is 2.52. The number of hydrogen-bond acceptors (Lipinski definition) is 4. The van der Waals surface area contributed by atoms with E-state index in [1.807, 2.05) is 0 Å². The van der Waals surface area contributed by atoms with Crippen molar-refractivity contribution in [1.82, 2.24) is 0 Å². The van der Waals surface area contributed by atoms with Gasteiger partial charge in [0.15, 0.2) is 0 Å². The molecule has 0 bridgehead atoms. The van der Waals surface area contributed by atoms with E-state index in [0.717, 1.165) is 0 Å². The second kappa shape index (κ2) is 6.33. The van der Waals surface area contributed by atoms with Crippen LogP contribution in [0.4, 0.5) is 0 Å². The van der Waals surface area contributed by atoms with Crippen LogP contribution >= 0.6 is 7.60 Å². The average molecular weight is 208 g/mol. The van der Waals surface area contributed by atoms with E-state index in [-0.39, 0.29) is 6.16 Å². The second-order valence-corrected chi connectivity index (χ2v) is 4.54. The van der Waals surface area contributed by atoms with Gasteiger partial charge in [-0.3, -0.25) is 4.57 Å². The molecular formula is C8H17O4P. The minimum Gasteiger partial charge on any atom is -0.388 e. The first-order valence-corrected chi connectivity index (χ1v) is 5.99. The monoisotopic (exact) mass is 208 g/mol. The van der Waals surface area contributed by atoms with Crippen LogP contribution in [0.3, 0.4) is 0 Å². The van der Waals surface area contributed by atoms with E-state index >= 15 is 0 Å². The molecule has 0 aromatic rings. The molecule has 0 heterocycles. The van der Waals surface area contributed by atoms with Crippen molar-refractivity contribution in [2.24, 2.45) is 0 Å². The summed E-state index contributed by atoms with van der Waals surface area (Å²) in [6.07, 6.45) is 0.437. The largest absolute Gasteiger partial charge is 0.388 e. The van der Waals surface area contributed by atoms with E-state index < -0.39 is 13.7 Å². The summed E-state index contributed by atoms with van der Waals surface area (Å²) in [6, 6.07) is 0. The summed E-state index contributed by atoms with van der Waals surface area (Å²) in [6.45, 7) is 7.45. The molecule has 0 aromatic heterocycles. The lowest BCUT2D eigenvalue weighted by atomic mass is 10.4. The fraction of sp³-hybridized carbons (Fsp3) is 0.750. The molecule has 1 unspecified atom stereocenters. The smallest absolute Gasteiger partial charge is 0.333 e. The summed E-state index contributed by atoms with van der Waals surface area (Å²) >= 11 is 0. The molecule has 0 fully saturated rings. The van der Waals surface area contributed by atoms with Crippen LogP contribution in [0.1, 0.15) is 13.8 Å². The van der Waals surface area contributed by atoms with Crippen LogP contribution in [0, 0.1) is 0 Å². The van der Waals surface area contributed by atoms with E-state index in [1.54, 1.807) is 13.8 Å². The third-order valence-corrected chi connectivity index (χ3v) is 3.46. The van der Waals surface area contributed by atoms with Crippen LogP contribution < -0.4 is 0 Å². The van der Waals surface area contributed by atoms with Gasteiger partial charge < -0.3 is 14.2 Å². The Kier molecular flexibility index (Phi) is 6.25. The summed E-state index contributed by atoms with van der Waals surface area (Å²) < 4.78 is 21.7. The van der Waals surface area contributed by atoms with Crippen molar-refractivity contribution >= 4 is 7.60 Å². The molecule has 0 saturated carbocycles. The van der Waals surface area contributed by atoms with Gasteiger partial charge in [-0.2, -0.15) is 0 Å². The Bertz CT molecular complexity index is 183. The minimum atomic E-state index is -3.11. The molecule has 0 aliphatic carbocycles. The average Bonchev–Trinajstić information content (AvgIpc) is 2.04. The van der Waals surface area contributed by atoms with Crippen LogP contribution in [0.2, 0.25) is 0 Å². The summed E-state index contributed by atoms with van der Waals surface area (Å²) in [5.74, 6) is 0. The molecule has 0 spiro atoms. The van der Waals surface area contributed by atoms with Crippen molar-refractivity contribution in [2.75, 3.05) is 19.4 Å². The minimum absolute atomic E-state index is 0.0296. The van der Waals surface area contributed by atoms with E-state index in [0.29, 0.717) is 13.2 Å². The van der Waals surface area contributed by atoms with Gasteiger partial charge in [-0.25, -0.2) is 0 Å². The summed E-state index contributed by atoms with van der Waals surface area (Å²) in [5, 5.41) is 9.20. The van der Waals surface area contributed by atoms with Crippen molar-refractivity contribution in [3.05, 3.63) is 12.7 Å². The highest BCUT2D eigenvalue weighted by Crippen LogP contribution is 2.48. The molecule has 0 rings (SSSR count). The van der Waals surface area contributed by atoms with Crippen molar-refractivity contribution in [3.63, 3.8) is 0 Å². The van der Waals surface area contributed by atoms with Crippen LogP contribution in [0.5, 0.6) is 0 Å². The first kappa shape index (κ1) is 12.8. The maximum atomic E-state index is 11.7. The lowest BCUT2D eigenvalue weighted by Crippen LogP contribution is -2.12. The van der Waals surface area contributed by atoms with Crippen molar-refractivity contribution < 1.29 is 18.7 Å². The molecule has 4 nitrogen and oxygen atoms in total. The van der Waals surface area contributed by atoms with Gasteiger partial charge in [-0.1, -0.05) is 6.08 Å². The van der Waals surface area contributed by atoms with Crippen LogP contribution in [0.15, 0.2) is 12.7 Å². The third kappa shape index (κ3) is 5.21. The predicted molar refractivity (Wildman–Crippen MR) is 51.9 cm³/mol. The zero-order chi connectivity index (χ0) is 10.3. The zero-order valence-corrected chi connectivity index (χ0v) is 9.00. The first-order valence-electron chi connectivity index (χ1n) is 4.26. The number of rotatable bonds is 7. The SMILES string of the molecule is C=CC(O)CP(=O)(OCC)OCC. The molecule has 5 heteroatoms. The standard InChI is InChI=1S/C8H17O4P/c1-4-8(9)7-13(10,11-5-2)12-6-3/h4,8-9H,1,5-7H2,2-3H3. The van der Waals surface area contributed by atoms with Crippen molar-refractivity contribution in [2.45, 2.75) is 20.0 Å². The quantitative estimate of drug-likeness (QED) is 0.512. The summed E-state index contributed by atoms with van der Waals surface area (Å²) in [5.41, 5.74) is 0. The Morgan fingerprint density at radius 2 is 1.92 bits per heavy atom. The molecule has 0 aliphatic heterocycles. The second-order valence-electron chi connectivity index (χ2n) is 2.43. The molecule has 13 heavy (non-hydrogen) atoms. The van der Waals surface area contributed by atoms with E-state index in [2.05, 4.69) is 6.58 Å². The van der Waals surface area contributed by atoms with E-state index in [1.165, 1.54) is 6.08 Å². The molecule has 1 N–H and O–H groups in total. The first-order chi connectivity index (χ1) is 6.08. The molecule has 1 atom stereocenters. The van der Waals surface area contributed by atoms with Gasteiger partial charge in [0.2, 0.25) is 0 Å². The number of hydrogen-bond donors (Lipinski definition) is 1. The summed E-state index contributed by atoms with van der Waals surface area (Å²) in [4.78, 5) is 0. The van der Waals surface area contributed by atoms with Gasteiger partial charge >= 0.3 is 7.60 Å². The van der Waals surface area contributed by atoms with Crippen LogP contribution in [-0.2, 0) is 13.6 Å². The Hall–Kier alpha value is -0.150. The molecule has 0 amide bonds. The topological polar surface area (TPSA) is 55.8 Å². The van der Waals surface area contributed by atoms with E-state index in [9.17, 15) is 9.67 Å². The maximum Gasteiger partial charge on any atom is 0.333 e. The van der Waals surface area contributed by atoms with Gasteiger partial charge in [0.05, 0.1) is 25.5 Å². The van der Waals surface area contributed by atoms with Crippen molar-refractivity contribution in [1.29, 1.82) is 0 Å². The van der Waals surface area contributed by atoms with Crippen LogP contribution in [0.25, 0.3) is 0 Å². The maximum absolute atomic E-state index is 11.7. The lowest BCUT2D eigenvalue weighted by molar-refractivity contribution is 0.194. The fourth-order valence-electron chi connectivity index (χ4n) is 0.840. The Morgan fingerprint density at radius 3 is 2.23 bits per heavy atom.